The van der Waals surface area contributed by atoms with Crippen molar-refractivity contribution in [3.8, 4) is 0 Å². The molecule has 1 saturated carbocycles. The van der Waals surface area contributed by atoms with Crippen LogP contribution in [0.15, 0.2) is 84.9 Å². The van der Waals surface area contributed by atoms with Gasteiger partial charge in [0.15, 0.2) is 0 Å². The molecule has 5 rings (SSSR count). The van der Waals surface area contributed by atoms with Gasteiger partial charge < -0.3 is 11.5 Å². The first-order chi connectivity index (χ1) is 33.3. The molecule has 4 aromatic carbocycles. The Morgan fingerprint density at radius 3 is 1.07 bits per heavy atom. The first kappa shape index (κ1) is 55.4. The van der Waals surface area contributed by atoms with Crippen LogP contribution < -0.4 is 11.5 Å². The number of nitrogen functional groups attached to an aromatic ring is 2. The van der Waals surface area contributed by atoms with Crippen LogP contribution in [0.3, 0.4) is 0 Å². The standard InChI is InChI=1S/C66H102N2/c1-6-9-12-15-18-20-22-24-27-30-33-64(62-45-43-60(67)51-53(62)4)56-35-39-58(40-36-56)66(49-47-55(48-50-66)32-29-26-17-14-11-8-3)59-41-37-57(38-42-59)65(63-46-44-61(68)52-54(63)5)34-31-28-25-23-21-19-16-13-10-7-2/h35-46,51-52,55,64-65H,6-34,47-50,67-68H2,1-5H3. The van der Waals surface area contributed by atoms with E-state index in [2.05, 4.69) is 120 Å². The topological polar surface area (TPSA) is 52.0 Å². The molecule has 2 nitrogen and oxygen atoms in total. The fourth-order valence-electron chi connectivity index (χ4n) is 12.3. The number of rotatable bonds is 35. The van der Waals surface area contributed by atoms with Gasteiger partial charge in [0, 0.05) is 28.6 Å². The van der Waals surface area contributed by atoms with Crippen molar-refractivity contribution < 1.29 is 0 Å². The Hall–Kier alpha value is -3.52. The van der Waals surface area contributed by atoms with E-state index in [1.54, 1.807) is 0 Å². The zero-order chi connectivity index (χ0) is 48.2. The lowest BCUT2D eigenvalue weighted by Crippen LogP contribution is -2.33. The molecule has 2 atom stereocenters. The summed E-state index contributed by atoms with van der Waals surface area (Å²) in [5, 5.41) is 0. The lowest BCUT2D eigenvalue weighted by molar-refractivity contribution is 0.250. The Morgan fingerprint density at radius 1 is 0.412 bits per heavy atom. The average molecular weight is 924 g/mol. The van der Waals surface area contributed by atoms with Gasteiger partial charge in [-0.25, -0.2) is 0 Å². The van der Waals surface area contributed by atoms with Gasteiger partial charge in [-0.05, 0) is 127 Å². The van der Waals surface area contributed by atoms with Crippen molar-refractivity contribution in [2.24, 2.45) is 5.92 Å². The smallest absolute Gasteiger partial charge is 0.0316 e. The minimum absolute atomic E-state index is 0.0426. The zero-order valence-electron chi connectivity index (χ0n) is 44.8. The van der Waals surface area contributed by atoms with Crippen LogP contribution >= 0.6 is 0 Å². The SMILES string of the molecule is CCCCCCCCCCCCC(c1ccc(C2(c3ccc(C(CCCCCCCCCCCC)c4ccc(N)cc4C)cc3)CCC(CCCCCCCC)CC2)cc1)c1ccc(N)cc1C. The number of anilines is 2. The fraction of sp³-hybridized carbons (Fsp3) is 0.636. The predicted octanol–water partition coefficient (Wildman–Crippen LogP) is 20.6. The summed E-state index contributed by atoms with van der Waals surface area (Å²) in [5.41, 5.74) is 26.0. The van der Waals surface area contributed by atoms with Gasteiger partial charge in [-0.1, -0.05) is 255 Å². The molecule has 1 aliphatic rings. The van der Waals surface area contributed by atoms with Gasteiger partial charge in [0.05, 0.1) is 0 Å². The van der Waals surface area contributed by atoms with E-state index in [0.717, 1.165) is 17.3 Å². The van der Waals surface area contributed by atoms with Gasteiger partial charge in [0.25, 0.3) is 0 Å². The largest absolute Gasteiger partial charge is 0.399 e. The highest BCUT2D eigenvalue weighted by Gasteiger charge is 2.38. The van der Waals surface area contributed by atoms with E-state index in [1.165, 1.54) is 256 Å². The molecule has 0 aromatic heterocycles. The second kappa shape index (κ2) is 31.7. The molecule has 376 valence electrons. The summed E-state index contributed by atoms with van der Waals surface area (Å²) in [6.45, 7) is 11.5. The van der Waals surface area contributed by atoms with E-state index in [4.69, 9.17) is 11.5 Å². The fourth-order valence-corrected chi connectivity index (χ4v) is 12.3. The maximum atomic E-state index is 6.33. The van der Waals surface area contributed by atoms with Crippen LogP contribution in [0.25, 0.3) is 0 Å². The summed E-state index contributed by atoms with van der Waals surface area (Å²) >= 11 is 0. The normalized spacial score (nSPS) is 17.1. The summed E-state index contributed by atoms with van der Waals surface area (Å²) in [7, 11) is 0. The molecule has 1 fully saturated rings. The van der Waals surface area contributed by atoms with Gasteiger partial charge in [-0.3, -0.25) is 0 Å². The van der Waals surface area contributed by atoms with Gasteiger partial charge in [-0.2, -0.15) is 0 Å². The van der Waals surface area contributed by atoms with Crippen LogP contribution in [-0.4, -0.2) is 0 Å². The molecule has 0 saturated heterocycles. The van der Waals surface area contributed by atoms with Crippen molar-refractivity contribution in [3.63, 3.8) is 0 Å². The minimum atomic E-state index is 0.0426. The second-order valence-corrected chi connectivity index (χ2v) is 22.1. The summed E-state index contributed by atoms with van der Waals surface area (Å²) < 4.78 is 0. The highest BCUT2D eigenvalue weighted by molar-refractivity contribution is 5.51. The van der Waals surface area contributed by atoms with Crippen molar-refractivity contribution in [1.29, 1.82) is 0 Å². The maximum Gasteiger partial charge on any atom is 0.0316 e. The van der Waals surface area contributed by atoms with Gasteiger partial charge in [-0.15, -0.1) is 0 Å². The monoisotopic (exact) mass is 923 g/mol. The van der Waals surface area contributed by atoms with Crippen LogP contribution in [0, 0.1) is 19.8 Å². The molecule has 2 unspecified atom stereocenters. The number of nitrogens with two attached hydrogens (primary N) is 2. The van der Waals surface area contributed by atoms with Crippen molar-refractivity contribution in [3.05, 3.63) is 129 Å². The molecular weight excluding hydrogens is 821 g/mol. The predicted molar refractivity (Wildman–Crippen MR) is 301 cm³/mol. The number of aryl methyl sites for hydroxylation is 2. The van der Waals surface area contributed by atoms with Crippen LogP contribution in [0.5, 0.6) is 0 Å². The lowest BCUT2D eigenvalue weighted by atomic mass is 9.62. The van der Waals surface area contributed by atoms with Crippen LogP contribution in [0.4, 0.5) is 11.4 Å². The first-order valence-corrected chi connectivity index (χ1v) is 29.2. The molecular formula is C66H102N2. The number of benzene rings is 4. The van der Waals surface area contributed by atoms with Crippen molar-refractivity contribution in [1.82, 2.24) is 0 Å². The van der Waals surface area contributed by atoms with Crippen LogP contribution in [0.1, 0.15) is 289 Å². The number of unbranched alkanes of at least 4 members (excludes halogenated alkanes) is 23. The summed E-state index contributed by atoms with van der Waals surface area (Å²) in [4.78, 5) is 0. The molecule has 0 heterocycles. The van der Waals surface area contributed by atoms with Crippen molar-refractivity contribution in [2.45, 2.75) is 264 Å². The molecule has 68 heavy (non-hydrogen) atoms. The highest BCUT2D eigenvalue weighted by Crippen LogP contribution is 2.49. The third kappa shape index (κ3) is 18.0. The van der Waals surface area contributed by atoms with Crippen LogP contribution in [0.2, 0.25) is 0 Å². The maximum absolute atomic E-state index is 6.33. The molecule has 4 N–H and O–H groups in total. The summed E-state index contributed by atoms with van der Waals surface area (Å²) in [6.07, 6.45) is 44.7. The average Bonchev–Trinajstić information content (AvgIpc) is 3.35. The molecule has 1 aliphatic carbocycles. The van der Waals surface area contributed by atoms with E-state index in [1.807, 2.05) is 0 Å². The Kier molecular flexibility index (Phi) is 25.8. The molecule has 0 amide bonds. The van der Waals surface area contributed by atoms with Crippen molar-refractivity contribution in [2.75, 3.05) is 11.5 Å². The van der Waals surface area contributed by atoms with Crippen LogP contribution in [-0.2, 0) is 5.41 Å². The van der Waals surface area contributed by atoms with E-state index < -0.39 is 0 Å². The summed E-state index contributed by atoms with van der Waals surface area (Å²) in [6, 6.07) is 33.6. The summed E-state index contributed by atoms with van der Waals surface area (Å²) in [5.74, 6) is 1.64. The molecule has 0 aliphatic heterocycles. The van der Waals surface area contributed by atoms with E-state index in [9.17, 15) is 0 Å². The zero-order valence-corrected chi connectivity index (χ0v) is 44.8. The van der Waals surface area contributed by atoms with Gasteiger partial charge >= 0.3 is 0 Å². The minimum Gasteiger partial charge on any atom is -0.399 e. The van der Waals surface area contributed by atoms with Gasteiger partial charge in [0.1, 0.15) is 0 Å². The first-order valence-electron chi connectivity index (χ1n) is 29.2. The molecule has 2 heteroatoms. The third-order valence-electron chi connectivity index (χ3n) is 16.7. The van der Waals surface area contributed by atoms with E-state index in [0.29, 0.717) is 11.8 Å². The Balaban J connectivity index is 1.35. The quantitative estimate of drug-likeness (QED) is 0.0357. The molecule has 0 bridgehead atoms. The molecule has 4 aromatic rings. The van der Waals surface area contributed by atoms with E-state index >= 15 is 0 Å². The Labute approximate surface area is 420 Å². The van der Waals surface area contributed by atoms with Crippen molar-refractivity contribution >= 4 is 11.4 Å². The molecule has 0 radical (unpaired) electrons. The second-order valence-electron chi connectivity index (χ2n) is 22.1. The highest BCUT2D eigenvalue weighted by atomic mass is 14.5. The number of hydrogen-bond donors (Lipinski definition) is 2. The Bertz CT molecular complexity index is 1790. The Morgan fingerprint density at radius 2 is 0.735 bits per heavy atom. The number of hydrogen-bond acceptors (Lipinski definition) is 2. The van der Waals surface area contributed by atoms with E-state index in [-0.39, 0.29) is 5.41 Å². The third-order valence-corrected chi connectivity index (χ3v) is 16.7. The molecule has 0 spiro atoms. The lowest BCUT2D eigenvalue weighted by Gasteiger charge is -2.42. The van der Waals surface area contributed by atoms with Gasteiger partial charge in [0.2, 0.25) is 0 Å².